The fourth-order valence-corrected chi connectivity index (χ4v) is 3.49. The monoisotopic (exact) mass is 261 g/mol. The standard InChI is InChI=1S/C14H19NO2Si/c1-5-15-14(16)11-8-6-7-10-12(18(2,3)4)9-17-13(10)11/h6-9H,5H2,1-4H3,(H,15,16). The van der Waals surface area contributed by atoms with Crippen LogP contribution in [-0.4, -0.2) is 20.5 Å². The van der Waals surface area contributed by atoms with Gasteiger partial charge in [0, 0.05) is 11.9 Å². The third-order valence-corrected chi connectivity index (χ3v) is 4.99. The Labute approximate surface area is 108 Å². The Balaban J connectivity index is 2.59. The molecule has 0 aliphatic carbocycles. The van der Waals surface area contributed by atoms with Crippen LogP contribution in [0.1, 0.15) is 17.3 Å². The van der Waals surface area contributed by atoms with E-state index in [1.54, 1.807) is 0 Å². The van der Waals surface area contributed by atoms with Gasteiger partial charge in [0.1, 0.15) is 5.58 Å². The van der Waals surface area contributed by atoms with Gasteiger partial charge >= 0.3 is 0 Å². The Bertz CT molecular complexity index is 581. The highest BCUT2D eigenvalue weighted by Crippen LogP contribution is 2.21. The second-order valence-electron chi connectivity index (χ2n) is 5.44. The number of hydrogen-bond donors (Lipinski definition) is 1. The highest BCUT2D eigenvalue weighted by Gasteiger charge is 2.23. The molecule has 0 aliphatic heterocycles. The Morgan fingerprint density at radius 2 is 2.06 bits per heavy atom. The second kappa shape index (κ2) is 4.61. The summed E-state index contributed by atoms with van der Waals surface area (Å²) >= 11 is 0. The average molecular weight is 261 g/mol. The Kier molecular flexibility index (Phi) is 3.30. The molecule has 0 bridgehead atoms. The number of nitrogens with one attached hydrogen (secondary N) is 1. The summed E-state index contributed by atoms with van der Waals surface area (Å²) in [4.78, 5) is 12.0. The maximum absolute atomic E-state index is 12.0. The van der Waals surface area contributed by atoms with E-state index in [1.807, 2.05) is 31.4 Å². The van der Waals surface area contributed by atoms with Crippen LogP contribution in [0.5, 0.6) is 0 Å². The first-order chi connectivity index (χ1) is 8.45. The van der Waals surface area contributed by atoms with Crippen molar-refractivity contribution in [1.29, 1.82) is 0 Å². The van der Waals surface area contributed by atoms with Gasteiger partial charge in [-0.3, -0.25) is 4.79 Å². The molecule has 1 aromatic carbocycles. The highest BCUT2D eigenvalue weighted by molar-refractivity contribution is 6.90. The third kappa shape index (κ3) is 2.20. The van der Waals surface area contributed by atoms with E-state index < -0.39 is 8.07 Å². The minimum Gasteiger partial charge on any atom is -0.464 e. The molecule has 1 amide bonds. The SMILES string of the molecule is CCNC(=O)c1cccc2c([Si](C)(C)C)coc12. The maximum atomic E-state index is 12.0. The molecule has 4 heteroatoms. The van der Waals surface area contributed by atoms with E-state index in [2.05, 4.69) is 25.0 Å². The van der Waals surface area contributed by atoms with Gasteiger partial charge in [0.15, 0.2) is 0 Å². The molecular formula is C14H19NO2Si. The number of amides is 1. The van der Waals surface area contributed by atoms with Crippen LogP contribution >= 0.6 is 0 Å². The first-order valence-corrected chi connectivity index (χ1v) is 9.74. The molecule has 1 aromatic heterocycles. The molecule has 96 valence electrons. The zero-order valence-electron chi connectivity index (χ0n) is 11.3. The van der Waals surface area contributed by atoms with Crippen molar-refractivity contribution < 1.29 is 9.21 Å². The van der Waals surface area contributed by atoms with E-state index in [1.165, 1.54) is 5.19 Å². The maximum Gasteiger partial charge on any atom is 0.255 e. The van der Waals surface area contributed by atoms with E-state index in [0.29, 0.717) is 17.7 Å². The van der Waals surface area contributed by atoms with Crippen molar-refractivity contribution in [2.24, 2.45) is 0 Å². The zero-order valence-corrected chi connectivity index (χ0v) is 12.3. The molecule has 0 saturated carbocycles. The lowest BCUT2D eigenvalue weighted by molar-refractivity contribution is 0.0956. The summed E-state index contributed by atoms with van der Waals surface area (Å²) in [5.41, 5.74) is 1.33. The number of carbonyl (C=O) groups excluding carboxylic acids is 1. The predicted octanol–water partition coefficient (Wildman–Crippen LogP) is 2.73. The minimum absolute atomic E-state index is 0.0698. The molecule has 0 aliphatic rings. The smallest absolute Gasteiger partial charge is 0.255 e. The Morgan fingerprint density at radius 3 is 2.67 bits per heavy atom. The summed E-state index contributed by atoms with van der Waals surface area (Å²) in [6, 6.07) is 5.77. The molecular weight excluding hydrogens is 242 g/mol. The van der Waals surface area contributed by atoms with E-state index in [0.717, 1.165) is 5.39 Å². The molecule has 2 aromatic rings. The van der Waals surface area contributed by atoms with Crippen molar-refractivity contribution in [2.75, 3.05) is 6.54 Å². The van der Waals surface area contributed by atoms with Crippen LogP contribution in [-0.2, 0) is 0 Å². The lowest BCUT2D eigenvalue weighted by atomic mass is 10.1. The molecule has 0 atom stereocenters. The summed E-state index contributed by atoms with van der Waals surface area (Å²) in [5.74, 6) is -0.0698. The highest BCUT2D eigenvalue weighted by atomic mass is 28.3. The fourth-order valence-electron chi connectivity index (χ4n) is 2.07. The van der Waals surface area contributed by atoms with Gasteiger partial charge in [0.2, 0.25) is 0 Å². The Morgan fingerprint density at radius 1 is 1.33 bits per heavy atom. The van der Waals surface area contributed by atoms with Crippen LogP contribution in [0.25, 0.3) is 11.0 Å². The Hall–Kier alpha value is -1.55. The normalized spacial score (nSPS) is 11.8. The lowest BCUT2D eigenvalue weighted by Crippen LogP contribution is -2.36. The van der Waals surface area contributed by atoms with E-state index in [4.69, 9.17) is 4.42 Å². The molecule has 0 spiro atoms. The van der Waals surface area contributed by atoms with Gasteiger partial charge in [-0.2, -0.15) is 0 Å². The predicted molar refractivity (Wildman–Crippen MR) is 77.2 cm³/mol. The largest absolute Gasteiger partial charge is 0.464 e. The quantitative estimate of drug-likeness (QED) is 0.863. The molecule has 18 heavy (non-hydrogen) atoms. The number of carbonyl (C=O) groups is 1. The topological polar surface area (TPSA) is 42.2 Å². The molecule has 0 saturated heterocycles. The molecule has 0 unspecified atom stereocenters. The van der Waals surface area contributed by atoms with E-state index in [-0.39, 0.29) is 5.91 Å². The number of benzene rings is 1. The first-order valence-electron chi connectivity index (χ1n) is 6.24. The van der Waals surface area contributed by atoms with Crippen molar-refractivity contribution in [3.63, 3.8) is 0 Å². The summed E-state index contributed by atoms with van der Waals surface area (Å²) < 4.78 is 5.65. The van der Waals surface area contributed by atoms with Crippen LogP contribution in [0.3, 0.4) is 0 Å². The summed E-state index contributed by atoms with van der Waals surface area (Å²) in [6.45, 7) is 9.35. The number of furan rings is 1. The van der Waals surface area contributed by atoms with Crippen molar-refractivity contribution in [3.05, 3.63) is 30.0 Å². The van der Waals surface area contributed by atoms with Crippen LogP contribution in [0, 0.1) is 0 Å². The van der Waals surface area contributed by atoms with Crippen LogP contribution in [0.2, 0.25) is 19.6 Å². The van der Waals surface area contributed by atoms with E-state index >= 15 is 0 Å². The van der Waals surface area contributed by atoms with Gasteiger partial charge in [0.05, 0.1) is 19.9 Å². The molecule has 0 fully saturated rings. The number of rotatable bonds is 3. The number of fused-ring (bicyclic) bond motifs is 1. The van der Waals surface area contributed by atoms with Crippen LogP contribution < -0.4 is 10.5 Å². The molecule has 2 rings (SSSR count). The van der Waals surface area contributed by atoms with Crippen molar-refractivity contribution >= 4 is 30.1 Å². The van der Waals surface area contributed by atoms with Crippen LogP contribution in [0.4, 0.5) is 0 Å². The van der Waals surface area contributed by atoms with Gasteiger partial charge in [0.25, 0.3) is 5.91 Å². The first kappa shape index (κ1) is 12.9. The number of para-hydroxylation sites is 1. The van der Waals surface area contributed by atoms with Crippen molar-refractivity contribution in [1.82, 2.24) is 5.32 Å². The second-order valence-corrected chi connectivity index (χ2v) is 10.5. The average Bonchev–Trinajstić information content (AvgIpc) is 2.72. The summed E-state index contributed by atoms with van der Waals surface area (Å²) in [6.07, 6.45) is 1.82. The lowest BCUT2D eigenvalue weighted by Gasteiger charge is -2.13. The molecule has 0 radical (unpaired) electrons. The van der Waals surface area contributed by atoms with Gasteiger partial charge in [-0.15, -0.1) is 0 Å². The fraction of sp³-hybridized carbons (Fsp3) is 0.357. The van der Waals surface area contributed by atoms with E-state index in [9.17, 15) is 4.79 Å². The molecule has 3 nitrogen and oxygen atoms in total. The third-order valence-electron chi connectivity index (χ3n) is 2.99. The zero-order chi connectivity index (χ0) is 13.3. The summed E-state index contributed by atoms with van der Waals surface area (Å²) in [5, 5.41) is 5.16. The van der Waals surface area contributed by atoms with Crippen LogP contribution in [0.15, 0.2) is 28.9 Å². The van der Waals surface area contributed by atoms with Gasteiger partial charge < -0.3 is 9.73 Å². The molecule has 1 N–H and O–H groups in total. The summed E-state index contributed by atoms with van der Waals surface area (Å²) in [7, 11) is -1.45. The molecule has 1 heterocycles. The van der Waals surface area contributed by atoms with Gasteiger partial charge in [-0.25, -0.2) is 0 Å². The minimum atomic E-state index is -1.45. The number of hydrogen-bond acceptors (Lipinski definition) is 2. The van der Waals surface area contributed by atoms with Gasteiger partial charge in [-0.1, -0.05) is 31.8 Å². The van der Waals surface area contributed by atoms with Crippen molar-refractivity contribution in [2.45, 2.75) is 26.6 Å². The van der Waals surface area contributed by atoms with Crippen molar-refractivity contribution in [3.8, 4) is 0 Å². The van der Waals surface area contributed by atoms with Gasteiger partial charge in [-0.05, 0) is 18.2 Å².